The number of rotatable bonds is 3. The highest BCUT2D eigenvalue weighted by Gasteiger charge is 2.30. The number of nitrogens with one attached hydrogen (secondary N) is 2. The molecule has 0 aliphatic carbocycles. The molecule has 0 saturated carbocycles. The summed E-state index contributed by atoms with van der Waals surface area (Å²) in [5, 5.41) is 6.78. The van der Waals surface area contributed by atoms with Crippen LogP contribution in [-0.4, -0.2) is 15.8 Å². The molecule has 1 aromatic heterocycles. The fraction of sp³-hybridized carbons (Fsp3) is 0.133. The van der Waals surface area contributed by atoms with Crippen molar-refractivity contribution in [3.8, 4) is 0 Å². The molecule has 0 aliphatic heterocycles. The lowest BCUT2D eigenvalue weighted by Gasteiger charge is -2.11. The average Bonchev–Trinajstić information content (AvgIpc) is 2.53. The molecule has 2 rings (SSSR count). The van der Waals surface area contributed by atoms with Crippen molar-refractivity contribution in [3.63, 3.8) is 0 Å². The van der Waals surface area contributed by atoms with Crippen LogP contribution < -0.4 is 10.7 Å². The van der Waals surface area contributed by atoms with Crippen molar-refractivity contribution in [1.82, 2.24) is 10.4 Å². The van der Waals surface area contributed by atoms with E-state index in [1.165, 1.54) is 12.1 Å². The van der Waals surface area contributed by atoms with E-state index in [9.17, 15) is 13.2 Å². The normalized spacial score (nSPS) is 11.9. The summed E-state index contributed by atoms with van der Waals surface area (Å²) in [5.74, 6) is 0. The molecule has 23 heavy (non-hydrogen) atoms. The maximum atomic E-state index is 12.6. The fourth-order valence-electron chi connectivity index (χ4n) is 1.70. The van der Waals surface area contributed by atoms with Gasteiger partial charge in [0.25, 0.3) is 0 Å². The van der Waals surface area contributed by atoms with Gasteiger partial charge in [0.1, 0.15) is 0 Å². The molecule has 0 unspecified atom stereocenters. The molecule has 0 bridgehead atoms. The molecular formula is C15H13F3N4S. The Morgan fingerprint density at radius 2 is 1.96 bits per heavy atom. The third-order valence-corrected chi connectivity index (χ3v) is 3.00. The van der Waals surface area contributed by atoms with Crippen molar-refractivity contribution in [2.75, 3.05) is 5.32 Å². The molecule has 0 saturated heterocycles. The quantitative estimate of drug-likeness (QED) is 0.508. The summed E-state index contributed by atoms with van der Waals surface area (Å²) < 4.78 is 37.9. The van der Waals surface area contributed by atoms with E-state index >= 15 is 0 Å². The second-order valence-electron chi connectivity index (χ2n) is 4.56. The zero-order valence-corrected chi connectivity index (χ0v) is 12.9. The van der Waals surface area contributed by atoms with E-state index in [0.29, 0.717) is 11.4 Å². The van der Waals surface area contributed by atoms with E-state index in [1.807, 2.05) is 6.07 Å². The van der Waals surface area contributed by atoms with Gasteiger partial charge in [-0.3, -0.25) is 10.4 Å². The van der Waals surface area contributed by atoms with Crippen LogP contribution in [0.3, 0.4) is 0 Å². The molecular weight excluding hydrogens is 325 g/mol. The predicted octanol–water partition coefficient (Wildman–Crippen LogP) is 3.81. The topological polar surface area (TPSA) is 49.3 Å². The minimum atomic E-state index is -4.40. The van der Waals surface area contributed by atoms with E-state index in [-0.39, 0.29) is 10.8 Å². The van der Waals surface area contributed by atoms with Crippen LogP contribution in [0, 0.1) is 0 Å². The van der Waals surface area contributed by atoms with E-state index in [0.717, 1.165) is 12.1 Å². The van der Waals surface area contributed by atoms with Crippen molar-refractivity contribution in [3.05, 3.63) is 59.9 Å². The SMILES string of the molecule is C/C(=N/NC(=S)Nc1cccc(C(F)(F)F)c1)c1ccccn1. The Kier molecular flexibility index (Phi) is 5.28. The first kappa shape index (κ1) is 16.9. The van der Waals surface area contributed by atoms with E-state index in [1.54, 1.807) is 25.3 Å². The smallest absolute Gasteiger partial charge is 0.331 e. The zero-order valence-electron chi connectivity index (χ0n) is 12.1. The number of hydrazone groups is 1. The van der Waals surface area contributed by atoms with Crippen molar-refractivity contribution < 1.29 is 13.2 Å². The molecule has 4 nitrogen and oxygen atoms in total. The van der Waals surface area contributed by atoms with Gasteiger partial charge in [-0.25, -0.2) is 0 Å². The summed E-state index contributed by atoms with van der Waals surface area (Å²) in [6.07, 6.45) is -2.77. The van der Waals surface area contributed by atoms with E-state index in [2.05, 4.69) is 20.8 Å². The number of hydrogen-bond donors (Lipinski definition) is 2. The van der Waals surface area contributed by atoms with Gasteiger partial charge < -0.3 is 5.32 Å². The van der Waals surface area contributed by atoms with Gasteiger partial charge >= 0.3 is 6.18 Å². The molecule has 0 atom stereocenters. The second kappa shape index (κ2) is 7.19. The van der Waals surface area contributed by atoms with Gasteiger partial charge in [-0.15, -0.1) is 0 Å². The van der Waals surface area contributed by atoms with E-state index < -0.39 is 11.7 Å². The summed E-state index contributed by atoms with van der Waals surface area (Å²) in [6, 6.07) is 10.1. The van der Waals surface area contributed by atoms with Gasteiger partial charge in [0.15, 0.2) is 5.11 Å². The van der Waals surface area contributed by atoms with Crippen LogP contribution in [0.2, 0.25) is 0 Å². The van der Waals surface area contributed by atoms with Gasteiger partial charge in [0.2, 0.25) is 0 Å². The highest BCUT2D eigenvalue weighted by atomic mass is 32.1. The third kappa shape index (κ3) is 5.03. The monoisotopic (exact) mass is 338 g/mol. The molecule has 0 amide bonds. The molecule has 2 aromatic rings. The molecule has 0 fully saturated rings. The molecule has 0 radical (unpaired) electrons. The summed E-state index contributed by atoms with van der Waals surface area (Å²) in [4.78, 5) is 4.12. The molecule has 1 aromatic carbocycles. The van der Waals surface area contributed by atoms with Gasteiger partial charge in [-0.2, -0.15) is 18.3 Å². The van der Waals surface area contributed by atoms with Crippen molar-refractivity contribution in [2.45, 2.75) is 13.1 Å². The van der Waals surface area contributed by atoms with E-state index in [4.69, 9.17) is 12.2 Å². The number of halogens is 3. The minimum absolute atomic E-state index is 0.0830. The summed E-state index contributed by atoms with van der Waals surface area (Å²) >= 11 is 5.01. The summed E-state index contributed by atoms with van der Waals surface area (Å²) in [5.41, 5.74) is 3.31. The summed E-state index contributed by atoms with van der Waals surface area (Å²) in [6.45, 7) is 1.74. The maximum Gasteiger partial charge on any atom is 0.416 e. The standard InChI is InChI=1S/C15H13F3N4S/c1-10(13-7-2-3-8-19-13)21-22-14(23)20-12-6-4-5-11(9-12)15(16,17)18/h2-9H,1H3,(H2,20,22,23)/b21-10-. The van der Waals surface area contributed by atoms with Gasteiger partial charge in [0, 0.05) is 11.9 Å². The van der Waals surface area contributed by atoms with Gasteiger partial charge in [-0.05, 0) is 49.5 Å². The van der Waals surface area contributed by atoms with Crippen LogP contribution in [0.4, 0.5) is 18.9 Å². The lowest BCUT2D eigenvalue weighted by atomic mass is 10.2. The molecule has 120 valence electrons. The third-order valence-electron chi connectivity index (χ3n) is 2.81. The largest absolute Gasteiger partial charge is 0.416 e. The number of alkyl halides is 3. The zero-order chi connectivity index (χ0) is 16.9. The number of thiocarbonyl (C=S) groups is 1. The molecule has 2 N–H and O–H groups in total. The molecule has 0 spiro atoms. The fourth-order valence-corrected chi connectivity index (χ4v) is 1.86. The van der Waals surface area contributed by atoms with Crippen LogP contribution >= 0.6 is 12.2 Å². The minimum Gasteiger partial charge on any atom is -0.331 e. The number of pyridine rings is 1. The van der Waals surface area contributed by atoms with Crippen LogP contribution in [-0.2, 0) is 6.18 Å². The van der Waals surface area contributed by atoms with Crippen LogP contribution in [0.5, 0.6) is 0 Å². The van der Waals surface area contributed by atoms with Gasteiger partial charge in [0.05, 0.1) is 17.0 Å². The number of hydrogen-bond acceptors (Lipinski definition) is 3. The number of nitrogens with zero attached hydrogens (tertiary/aromatic N) is 2. The Balaban J connectivity index is 2.00. The number of anilines is 1. The van der Waals surface area contributed by atoms with Crippen LogP contribution in [0.15, 0.2) is 53.8 Å². The highest BCUT2D eigenvalue weighted by Crippen LogP contribution is 2.30. The van der Waals surface area contributed by atoms with Gasteiger partial charge in [-0.1, -0.05) is 12.1 Å². The Bertz CT molecular complexity index is 714. The highest BCUT2D eigenvalue weighted by molar-refractivity contribution is 7.80. The lowest BCUT2D eigenvalue weighted by Crippen LogP contribution is -2.25. The van der Waals surface area contributed by atoms with Crippen molar-refractivity contribution in [2.24, 2.45) is 5.10 Å². The number of benzene rings is 1. The maximum absolute atomic E-state index is 12.6. The first-order valence-corrected chi connectivity index (χ1v) is 6.97. The molecule has 8 heteroatoms. The summed E-state index contributed by atoms with van der Waals surface area (Å²) in [7, 11) is 0. The number of aromatic nitrogens is 1. The predicted molar refractivity (Wildman–Crippen MR) is 87.2 cm³/mol. The van der Waals surface area contributed by atoms with Crippen LogP contribution in [0.1, 0.15) is 18.2 Å². The average molecular weight is 338 g/mol. The Labute approximate surface area is 136 Å². The Morgan fingerprint density at radius 1 is 1.17 bits per heavy atom. The van der Waals surface area contributed by atoms with Crippen molar-refractivity contribution in [1.29, 1.82) is 0 Å². The van der Waals surface area contributed by atoms with Crippen molar-refractivity contribution >= 4 is 28.7 Å². The Hall–Kier alpha value is -2.48. The first-order valence-electron chi connectivity index (χ1n) is 6.56. The lowest BCUT2D eigenvalue weighted by molar-refractivity contribution is -0.137. The first-order chi connectivity index (χ1) is 10.9. The molecule has 1 heterocycles. The molecule has 0 aliphatic rings. The Morgan fingerprint density at radius 3 is 2.61 bits per heavy atom. The second-order valence-corrected chi connectivity index (χ2v) is 4.96. The van der Waals surface area contributed by atoms with Crippen LogP contribution in [0.25, 0.3) is 0 Å².